The molecule has 2 aliphatic carbocycles. The third-order valence-corrected chi connectivity index (χ3v) is 5.14. The Morgan fingerprint density at radius 3 is 2.22 bits per heavy atom. The normalized spacial score (nSPS) is 24.8. The van der Waals surface area contributed by atoms with E-state index in [4.69, 9.17) is 0 Å². The predicted octanol–water partition coefficient (Wildman–Crippen LogP) is 3.28. The zero-order valence-corrected chi connectivity index (χ0v) is 12.5. The molecule has 0 heterocycles. The smallest absolute Gasteiger partial charge is 0.0220 e. The fourth-order valence-corrected chi connectivity index (χ4v) is 4.06. The number of likely N-dealkylation sites (N-methyl/N-ethyl adjacent to an activating group) is 2. The van der Waals surface area contributed by atoms with E-state index in [1.807, 2.05) is 0 Å². The second kappa shape index (κ2) is 7.49. The summed E-state index contributed by atoms with van der Waals surface area (Å²) in [6.45, 7) is 2.57. The molecule has 2 heteroatoms. The molecule has 1 atom stereocenters. The Morgan fingerprint density at radius 1 is 1.00 bits per heavy atom. The van der Waals surface area contributed by atoms with Crippen molar-refractivity contribution < 1.29 is 0 Å². The standard InChI is InChI=1S/C16H32N2/c1-17-16(15-10-4-3-5-11-15)13-18(2)12-14-8-6-7-9-14/h14-17H,3-13H2,1-2H3. The van der Waals surface area contributed by atoms with Crippen LogP contribution < -0.4 is 5.32 Å². The van der Waals surface area contributed by atoms with Crippen molar-refractivity contribution in [1.29, 1.82) is 0 Å². The molecule has 0 aromatic rings. The zero-order chi connectivity index (χ0) is 12.8. The molecule has 0 saturated heterocycles. The number of rotatable bonds is 6. The van der Waals surface area contributed by atoms with Gasteiger partial charge in [0.2, 0.25) is 0 Å². The van der Waals surface area contributed by atoms with Gasteiger partial charge in [0, 0.05) is 19.1 Å². The Kier molecular flexibility index (Phi) is 5.97. The lowest BCUT2D eigenvalue weighted by atomic mass is 9.83. The average Bonchev–Trinajstić information content (AvgIpc) is 2.90. The van der Waals surface area contributed by atoms with Crippen molar-refractivity contribution in [2.45, 2.75) is 63.8 Å². The molecule has 18 heavy (non-hydrogen) atoms. The molecule has 2 saturated carbocycles. The van der Waals surface area contributed by atoms with Gasteiger partial charge < -0.3 is 10.2 Å². The maximum atomic E-state index is 3.59. The maximum Gasteiger partial charge on any atom is 0.0220 e. The zero-order valence-electron chi connectivity index (χ0n) is 12.5. The highest BCUT2D eigenvalue weighted by molar-refractivity contribution is 4.81. The molecule has 0 aromatic heterocycles. The van der Waals surface area contributed by atoms with Crippen LogP contribution in [-0.2, 0) is 0 Å². The van der Waals surface area contributed by atoms with E-state index in [0.717, 1.165) is 17.9 Å². The fourth-order valence-electron chi connectivity index (χ4n) is 4.06. The maximum absolute atomic E-state index is 3.59. The van der Waals surface area contributed by atoms with Crippen molar-refractivity contribution in [3.63, 3.8) is 0 Å². The molecular weight excluding hydrogens is 220 g/mol. The van der Waals surface area contributed by atoms with Gasteiger partial charge in [-0.1, -0.05) is 32.1 Å². The van der Waals surface area contributed by atoms with Crippen molar-refractivity contribution in [2.75, 3.05) is 27.2 Å². The van der Waals surface area contributed by atoms with Crippen LogP contribution in [0.5, 0.6) is 0 Å². The largest absolute Gasteiger partial charge is 0.315 e. The summed E-state index contributed by atoms with van der Waals surface area (Å²) >= 11 is 0. The van der Waals surface area contributed by atoms with E-state index in [2.05, 4.69) is 24.3 Å². The van der Waals surface area contributed by atoms with Crippen molar-refractivity contribution in [3.8, 4) is 0 Å². The second-order valence-corrected chi connectivity index (χ2v) is 6.66. The minimum atomic E-state index is 0.719. The molecule has 106 valence electrons. The molecule has 0 aromatic carbocycles. The van der Waals surface area contributed by atoms with Gasteiger partial charge in [-0.05, 0) is 51.6 Å². The first-order valence-electron chi connectivity index (χ1n) is 8.15. The van der Waals surface area contributed by atoms with E-state index in [0.29, 0.717) is 0 Å². The van der Waals surface area contributed by atoms with E-state index >= 15 is 0 Å². The Labute approximate surface area is 114 Å². The highest BCUT2D eigenvalue weighted by Gasteiger charge is 2.24. The summed E-state index contributed by atoms with van der Waals surface area (Å²) in [6, 6.07) is 0.719. The van der Waals surface area contributed by atoms with Gasteiger partial charge in [0.15, 0.2) is 0 Å². The summed E-state index contributed by atoms with van der Waals surface area (Å²) in [6.07, 6.45) is 13.1. The minimum absolute atomic E-state index is 0.719. The van der Waals surface area contributed by atoms with E-state index < -0.39 is 0 Å². The van der Waals surface area contributed by atoms with Gasteiger partial charge in [-0.15, -0.1) is 0 Å². The molecule has 2 rings (SSSR count). The van der Waals surface area contributed by atoms with Gasteiger partial charge in [-0.25, -0.2) is 0 Å². The Morgan fingerprint density at radius 2 is 1.61 bits per heavy atom. The molecule has 0 aliphatic heterocycles. The fraction of sp³-hybridized carbons (Fsp3) is 1.00. The molecule has 2 nitrogen and oxygen atoms in total. The molecular formula is C16H32N2. The first-order chi connectivity index (χ1) is 8.79. The monoisotopic (exact) mass is 252 g/mol. The summed E-state index contributed by atoms with van der Waals surface area (Å²) in [7, 11) is 4.48. The van der Waals surface area contributed by atoms with Gasteiger partial charge in [0.25, 0.3) is 0 Å². The molecule has 1 unspecified atom stereocenters. The van der Waals surface area contributed by atoms with Crippen molar-refractivity contribution in [1.82, 2.24) is 10.2 Å². The van der Waals surface area contributed by atoms with Crippen molar-refractivity contribution in [2.24, 2.45) is 11.8 Å². The summed E-state index contributed by atoms with van der Waals surface area (Å²) < 4.78 is 0. The number of hydrogen-bond donors (Lipinski definition) is 1. The van der Waals surface area contributed by atoms with Crippen LogP contribution >= 0.6 is 0 Å². The lowest BCUT2D eigenvalue weighted by Crippen LogP contribution is -2.44. The van der Waals surface area contributed by atoms with Crippen LogP contribution in [0, 0.1) is 11.8 Å². The van der Waals surface area contributed by atoms with Gasteiger partial charge in [0.1, 0.15) is 0 Å². The quantitative estimate of drug-likeness (QED) is 0.780. The van der Waals surface area contributed by atoms with E-state index in [9.17, 15) is 0 Å². The van der Waals surface area contributed by atoms with Crippen LogP contribution in [0.4, 0.5) is 0 Å². The van der Waals surface area contributed by atoms with Crippen LogP contribution in [0.15, 0.2) is 0 Å². The molecule has 2 fully saturated rings. The Balaban J connectivity index is 1.73. The summed E-state index contributed by atoms with van der Waals surface area (Å²) in [5.41, 5.74) is 0. The van der Waals surface area contributed by atoms with E-state index in [-0.39, 0.29) is 0 Å². The van der Waals surface area contributed by atoms with Crippen molar-refractivity contribution >= 4 is 0 Å². The van der Waals surface area contributed by atoms with Gasteiger partial charge in [0.05, 0.1) is 0 Å². The topological polar surface area (TPSA) is 15.3 Å². The summed E-state index contributed by atoms with van der Waals surface area (Å²) in [4.78, 5) is 2.59. The van der Waals surface area contributed by atoms with Crippen LogP contribution in [0.25, 0.3) is 0 Å². The van der Waals surface area contributed by atoms with Crippen LogP contribution in [0.2, 0.25) is 0 Å². The molecule has 0 spiro atoms. The third kappa shape index (κ3) is 4.24. The van der Waals surface area contributed by atoms with Crippen molar-refractivity contribution in [3.05, 3.63) is 0 Å². The van der Waals surface area contributed by atoms with E-state index in [1.54, 1.807) is 0 Å². The highest BCUT2D eigenvalue weighted by Crippen LogP contribution is 2.28. The Hall–Kier alpha value is -0.0800. The average molecular weight is 252 g/mol. The molecule has 0 bridgehead atoms. The lowest BCUT2D eigenvalue weighted by molar-refractivity contribution is 0.195. The third-order valence-electron chi connectivity index (χ3n) is 5.14. The number of nitrogens with zero attached hydrogens (tertiary/aromatic N) is 1. The first kappa shape index (κ1) is 14.3. The van der Waals surface area contributed by atoms with Gasteiger partial charge >= 0.3 is 0 Å². The van der Waals surface area contributed by atoms with Crippen LogP contribution in [-0.4, -0.2) is 38.1 Å². The van der Waals surface area contributed by atoms with Crippen LogP contribution in [0.3, 0.4) is 0 Å². The summed E-state index contributed by atoms with van der Waals surface area (Å²) in [5, 5.41) is 3.59. The number of nitrogens with one attached hydrogen (secondary N) is 1. The molecule has 0 amide bonds. The van der Waals surface area contributed by atoms with Gasteiger partial charge in [-0.3, -0.25) is 0 Å². The predicted molar refractivity (Wildman–Crippen MR) is 78.9 cm³/mol. The minimum Gasteiger partial charge on any atom is -0.315 e. The highest BCUT2D eigenvalue weighted by atomic mass is 15.1. The van der Waals surface area contributed by atoms with E-state index in [1.165, 1.54) is 70.9 Å². The summed E-state index contributed by atoms with van der Waals surface area (Å²) in [5.74, 6) is 1.91. The van der Waals surface area contributed by atoms with Gasteiger partial charge in [-0.2, -0.15) is 0 Å². The lowest BCUT2D eigenvalue weighted by Gasteiger charge is -2.33. The molecule has 1 N–H and O–H groups in total. The molecule has 0 radical (unpaired) electrons. The van der Waals surface area contributed by atoms with Crippen LogP contribution in [0.1, 0.15) is 57.8 Å². The first-order valence-corrected chi connectivity index (χ1v) is 8.15. The Bertz CT molecular complexity index is 217. The SMILES string of the molecule is CNC(CN(C)CC1CCCC1)C1CCCCC1. The second-order valence-electron chi connectivity index (χ2n) is 6.66. The number of hydrogen-bond acceptors (Lipinski definition) is 2. The molecule has 2 aliphatic rings.